The minimum Gasteiger partial charge on any atom is -0.506 e. The van der Waals surface area contributed by atoms with E-state index in [1.165, 1.54) is 6.07 Å². The molecule has 2 amide bonds. The first kappa shape index (κ1) is 34.0. The van der Waals surface area contributed by atoms with E-state index in [0.29, 0.717) is 16.5 Å². The summed E-state index contributed by atoms with van der Waals surface area (Å²) in [7, 11) is 0. The first-order valence-corrected chi connectivity index (χ1v) is 15.8. The summed E-state index contributed by atoms with van der Waals surface area (Å²) >= 11 is 37.9. The number of pyridine rings is 1. The summed E-state index contributed by atoms with van der Waals surface area (Å²) in [5, 5.41) is 11.4. The number of aromatic nitrogens is 1. The van der Waals surface area contributed by atoms with Crippen molar-refractivity contribution in [3.63, 3.8) is 0 Å². The number of benzene rings is 3. The van der Waals surface area contributed by atoms with Crippen molar-refractivity contribution in [3.05, 3.63) is 99.5 Å². The van der Waals surface area contributed by atoms with Gasteiger partial charge in [-0.2, -0.15) is 0 Å². The maximum absolute atomic E-state index is 13.5. The number of hydrogen-bond donors (Lipinski definition) is 1. The highest BCUT2D eigenvalue weighted by Crippen LogP contribution is 2.48. The van der Waals surface area contributed by atoms with Crippen LogP contribution < -0.4 is 4.90 Å². The Morgan fingerprint density at radius 2 is 1.14 bits per heavy atom. The third-order valence-corrected chi connectivity index (χ3v) is 9.88. The number of anilines is 1. The van der Waals surface area contributed by atoms with Crippen molar-refractivity contribution < 1.29 is 19.5 Å². The van der Waals surface area contributed by atoms with E-state index in [1.807, 2.05) is 27.7 Å². The number of nitrogens with zero attached hydrogens (tertiary/aromatic N) is 2. The molecule has 1 aliphatic heterocycles. The number of halogens is 6. The molecule has 6 rings (SSSR count). The largest absolute Gasteiger partial charge is 0.506 e. The van der Waals surface area contributed by atoms with Crippen LogP contribution in [-0.2, 0) is 0 Å². The highest BCUT2D eigenvalue weighted by Gasteiger charge is 2.43. The molecule has 44 heavy (non-hydrogen) atoms. The van der Waals surface area contributed by atoms with E-state index >= 15 is 0 Å². The van der Waals surface area contributed by atoms with Crippen LogP contribution in [-0.4, -0.2) is 27.7 Å². The van der Waals surface area contributed by atoms with Crippen LogP contribution in [0.4, 0.5) is 5.69 Å². The Morgan fingerprint density at radius 3 is 1.66 bits per heavy atom. The fourth-order valence-electron chi connectivity index (χ4n) is 4.97. The first-order chi connectivity index (χ1) is 20.9. The van der Waals surface area contributed by atoms with Crippen LogP contribution in [0, 0.1) is 13.8 Å². The van der Waals surface area contributed by atoms with Gasteiger partial charge in [-0.3, -0.25) is 14.4 Å². The molecule has 1 aliphatic carbocycles. The van der Waals surface area contributed by atoms with Crippen LogP contribution in [0.3, 0.4) is 0 Å². The fourth-order valence-corrected chi connectivity index (χ4v) is 6.64. The molecule has 0 bridgehead atoms. The zero-order chi connectivity index (χ0) is 32.9. The number of amides is 2. The number of allylic oxidation sites excluding steroid dienone is 1. The Hall–Kier alpha value is -2.84. The van der Waals surface area contributed by atoms with E-state index in [9.17, 15) is 19.5 Å². The van der Waals surface area contributed by atoms with Crippen LogP contribution in [0.15, 0.2) is 30.3 Å². The van der Waals surface area contributed by atoms with E-state index in [0.717, 1.165) is 4.90 Å². The Morgan fingerprint density at radius 1 is 0.636 bits per heavy atom. The topological polar surface area (TPSA) is 87.6 Å². The lowest BCUT2D eigenvalue weighted by Gasteiger charge is -2.16. The van der Waals surface area contributed by atoms with Gasteiger partial charge in [0.15, 0.2) is 0 Å². The minimum atomic E-state index is -0.777. The molecule has 1 aromatic heterocycles. The zero-order valence-electron chi connectivity index (χ0n) is 24.2. The quantitative estimate of drug-likeness (QED) is 0.127. The third-order valence-electron chi connectivity index (χ3n) is 7.13. The van der Waals surface area contributed by atoms with Gasteiger partial charge in [0, 0.05) is 10.9 Å². The molecule has 2 aliphatic rings. The summed E-state index contributed by atoms with van der Waals surface area (Å²) < 4.78 is 0. The summed E-state index contributed by atoms with van der Waals surface area (Å²) in [6.45, 7) is 11.5. The Bertz CT molecular complexity index is 1920. The van der Waals surface area contributed by atoms with Gasteiger partial charge in [-0.25, -0.2) is 9.88 Å². The number of aliphatic hydroxyl groups is 1. The van der Waals surface area contributed by atoms with Gasteiger partial charge >= 0.3 is 0 Å². The molecule has 0 saturated heterocycles. The second-order valence-corrected chi connectivity index (χ2v) is 11.4. The number of rotatable bonds is 2. The van der Waals surface area contributed by atoms with E-state index in [4.69, 9.17) is 69.6 Å². The fraction of sp³-hybridized carbons (Fsp3) is 0.188. The highest BCUT2D eigenvalue weighted by atomic mass is 35.5. The number of ketones is 1. The zero-order valence-corrected chi connectivity index (χ0v) is 28.8. The number of aliphatic hydroxyl groups excluding tert-OH is 1. The van der Waals surface area contributed by atoms with Crippen molar-refractivity contribution in [2.75, 3.05) is 4.90 Å². The maximum atomic E-state index is 13.5. The molecule has 0 unspecified atom stereocenters. The van der Waals surface area contributed by atoms with Gasteiger partial charge in [-0.15, -0.1) is 0 Å². The smallest absolute Gasteiger partial charge is 0.267 e. The van der Waals surface area contributed by atoms with E-state index < -0.39 is 17.6 Å². The lowest BCUT2D eigenvalue weighted by atomic mass is 9.99. The van der Waals surface area contributed by atoms with Gasteiger partial charge in [-0.1, -0.05) is 115 Å². The van der Waals surface area contributed by atoms with Gasteiger partial charge in [0.05, 0.1) is 69.3 Å². The summed E-state index contributed by atoms with van der Waals surface area (Å²) in [5.41, 5.74) is 1.33. The number of para-hydroxylation sites is 1. The predicted molar refractivity (Wildman–Crippen MR) is 182 cm³/mol. The number of fused-ring (bicyclic) bond motifs is 3. The summed E-state index contributed by atoms with van der Waals surface area (Å²) in [4.78, 5) is 46.1. The van der Waals surface area contributed by atoms with Gasteiger partial charge < -0.3 is 5.11 Å². The summed E-state index contributed by atoms with van der Waals surface area (Å²) in [6.07, 6.45) is 0. The van der Waals surface area contributed by atoms with Crippen LogP contribution in [0.25, 0.3) is 22.2 Å². The lowest BCUT2D eigenvalue weighted by Crippen LogP contribution is -2.29. The number of hydrogen-bond acceptors (Lipinski definition) is 5. The Kier molecular flexibility index (Phi) is 9.96. The Labute approximate surface area is 284 Å². The van der Waals surface area contributed by atoms with Gasteiger partial charge in [0.25, 0.3) is 11.8 Å². The molecule has 228 valence electrons. The standard InChI is InChI=1S/C28H12Cl6N2O4.2C2H6/c1-8-9(2)19(30)15-14(18(8)29)25(37)13(26(15)38)11-7-6-10-4-3-5-12(24(10)35-11)36-27(39)16-17(28(36)40)21(32)23(34)22(33)20(16)31;2*1-2/h3-7,37H,1-2H3;2*1-2H3. The maximum Gasteiger partial charge on any atom is 0.267 e. The molecule has 0 atom stereocenters. The summed E-state index contributed by atoms with van der Waals surface area (Å²) in [5.74, 6) is -2.49. The predicted octanol–water partition coefficient (Wildman–Crippen LogP) is 11.2. The molecule has 2 heterocycles. The minimum absolute atomic E-state index is 0.0795. The number of Topliss-reactive ketones (excluding diaryl/α,β-unsaturated/α-hetero) is 1. The van der Waals surface area contributed by atoms with Crippen LogP contribution in [0.2, 0.25) is 30.1 Å². The SMILES string of the molecule is CC.CC.Cc1c(C)c(Cl)c2c(c1Cl)C(=O)C(c1ccc3cccc(N4C(=O)c5c(Cl)c(Cl)c(Cl)c(Cl)c5C4=O)c3n1)=C2O. The van der Waals surface area contributed by atoms with E-state index in [-0.39, 0.29) is 80.6 Å². The third kappa shape index (κ3) is 4.87. The highest BCUT2D eigenvalue weighted by molar-refractivity contribution is 6.56. The second kappa shape index (κ2) is 12.9. The van der Waals surface area contributed by atoms with Crippen molar-refractivity contribution in [1.29, 1.82) is 0 Å². The van der Waals surface area contributed by atoms with Crippen LogP contribution in [0.5, 0.6) is 0 Å². The van der Waals surface area contributed by atoms with Crippen LogP contribution >= 0.6 is 69.6 Å². The molecule has 3 aromatic carbocycles. The molecule has 0 fully saturated rings. The van der Waals surface area contributed by atoms with Gasteiger partial charge in [0.1, 0.15) is 5.76 Å². The van der Waals surface area contributed by atoms with Crippen LogP contribution in [0.1, 0.15) is 81.2 Å². The van der Waals surface area contributed by atoms with Crippen molar-refractivity contribution in [2.45, 2.75) is 41.5 Å². The van der Waals surface area contributed by atoms with E-state index in [1.54, 1.807) is 38.1 Å². The lowest BCUT2D eigenvalue weighted by molar-refractivity contribution is 0.0925. The molecule has 0 spiro atoms. The normalized spacial score (nSPS) is 13.5. The van der Waals surface area contributed by atoms with Crippen molar-refractivity contribution in [2.24, 2.45) is 0 Å². The number of imide groups is 1. The van der Waals surface area contributed by atoms with E-state index in [2.05, 4.69) is 4.98 Å². The molecule has 0 radical (unpaired) electrons. The molecule has 12 heteroatoms. The van der Waals surface area contributed by atoms with Gasteiger partial charge in [-0.05, 0) is 37.1 Å². The molecule has 1 N–H and O–H groups in total. The number of carbonyl (C=O) groups excluding carboxylic acids is 3. The first-order valence-electron chi connectivity index (χ1n) is 13.5. The van der Waals surface area contributed by atoms with Gasteiger partial charge in [0.2, 0.25) is 5.78 Å². The second-order valence-electron chi connectivity index (χ2n) is 9.18. The molecule has 4 aromatic rings. The monoisotopic (exact) mass is 710 g/mol. The molecular weight excluding hydrogens is 689 g/mol. The molecule has 0 saturated carbocycles. The van der Waals surface area contributed by atoms with Crippen molar-refractivity contribution >= 4 is 115 Å². The van der Waals surface area contributed by atoms with Crippen molar-refractivity contribution in [3.8, 4) is 0 Å². The van der Waals surface area contributed by atoms with Crippen molar-refractivity contribution in [1.82, 2.24) is 4.98 Å². The Balaban J connectivity index is 0.00000106. The number of carbonyl (C=O) groups is 3. The molecule has 6 nitrogen and oxygen atoms in total. The average molecular weight is 713 g/mol. The molecular formula is C32H24Cl6N2O4. The average Bonchev–Trinajstić information content (AvgIpc) is 3.45. The summed E-state index contributed by atoms with van der Waals surface area (Å²) in [6, 6.07) is 8.03.